The first-order chi connectivity index (χ1) is 9.93. The van der Waals surface area contributed by atoms with Gasteiger partial charge in [0.1, 0.15) is 0 Å². The number of anilines is 1. The second kappa shape index (κ2) is 8.04. The number of nitrogens with one attached hydrogen (secondary N) is 1. The third kappa shape index (κ3) is 5.64. The van der Waals surface area contributed by atoms with Gasteiger partial charge in [0, 0.05) is 18.1 Å². The summed E-state index contributed by atoms with van der Waals surface area (Å²) in [6.07, 6.45) is 1.40. The van der Waals surface area contributed by atoms with Crippen LogP contribution in [0.1, 0.15) is 43.0 Å². The first kappa shape index (κ1) is 16.7. The molecular weight excluding hydrogens is 274 g/mol. The van der Waals surface area contributed by atoms with Crippen molar-refractivity contribution < 1.29 is 24.6 Å². The second-order valence-electron chi connectivity index (χ2n) is 4.76. The molecule has 6 nitrogen and oxygen atoms in total. The van der Waals surface area contributed by atoms with Gasteiger partial charge in [-0.25, -0.2) is 0 Å². The Labute approximate surface area is 122 Å². The van der Waals surface area contributed by atoms with Gasteiger partial charge in [-0.1, -0.05) is 25.5 Å². The number of carbonyl (C=O) groups is 3. The van der Waals surface area contributed by atoms with Gasteiger partial charge < -0.3 is 25.1 Å². The minimum atomic E-state index is -1.33. The normalized spacial score (nSPS) is 11.7. The maximum Gasteiger partial charge on any atom is 0.224 e. The predicted molar refractivity (Wildman–Crippen MR) is 72.0 cm³/mol. The highest BCUT2D eigenvalue weighted by molar-refractivity contribution is 5.93. The van der Waals surface area contributed by atoms with Crippen LogP contribution in [0, 0.1) is 5.92 Å². The number of benzene rings is 1. The lowest BCUT2D eigenvalue weighted by Crippen LogP contribution is -2.32. The van der Waals surface area contributed by atoms with E-state index in [1.807, 2.05) is 6.92 Å². The Kier molecular flexibility index (Phi) is 6.39. The van der Waals surface area contributed by atoms with Crippen molar-refractivity contribution in [3.63, 3.8) is 0 Å². The maximum absolute atomic E-state index is 11.7. The molecular formula is C15H17NO5-2. The number of hydrogen-bond acceptors (Lipinski definition) is 5. The Morgan fingerprint density at radius 3 is 2.48 bits per heavy atom. The molecule has 21 heavy (non-hydrogen) atoms. The summed E-state index contributed by atoms with van der Waals surface area (Å²) in [5.74, 6) is -3.49. The van der Waals surface area contributed by atoms with Crippen LogP contribution in [0.25, 0.3) is 0 Å². The fourth-order valence-electron chi connectivity index (χ4n) is 1.98. The molecule has 1 amide bonds. The quantitative estimate of drug-likeness (QED) is 0.721. The number of aliphatic carboxylic acids is 1. The van der Waals surface area contributed by atoms with Gasteiger partial charge in [0.2, 0.25) is 5.91 Å². The number of amides is 1. The molecule has 114 valence electrons. The van der Waals surface area contributed by atoms with Crippen LogP contribution in [-0.2, 0) is 9.59 Å². The van der Waals surface area contributed by atoms with Gasteiger partial charge in [0.25, 0.3) is 0 Å². The molecule has 1 rings (SSSR count). The highest BCUT2D eigenvalue weighted by Gasteiger charge is 2.12. The summed E-state index contributed by atoms with van der Waals surface area (Å²) in [6, 6.07) is 5.68. The van der Waals surface area contributed by atoms with Crippen LogP contribution in [0.3, 0.4) is 0 Å². The monoisotopic (exact) mass is 291 g/mol. The fraction of sp³-hybridized carbons (Fsp3) is 0.400. The van der Waals surface area contributed by atoms with Crippen molar-refractivity contribution in [2.45, 2.75) is 32.6 Å². The summed E-state index contributed by atoms with van der Waals surface area (Å²) in [5.41, 5.74) is 0.300. The lowest BCUT2D eigenvalue weighted by Gasteiger charge is -2.16. The molecule has 1 aromatic carbocycles. The highest BCUT2D eigenvalue weighted by atomic mass is 16.4. The van der Waals surface area contributed by atoms with Crippen molar-refractivity contribution in [1.82, 2.24) is 0 Å². The van der Waals surface area contributed by atoms with E-state index in [0.29, 0.717) is 18.5 Å². The standard InChI is InChI=1S/C15H19NO5/c1-2-4-10(14(18)19)7-8-13(17)16-12-6-3-5-11(9-12)15(20)21/h3,5-6,9-10H,2,4,7-8H2,1H3,(H,16,17)(H,18,19)(H,20,21)/p-2/t10-/m0/s1. The molecule has 1 aromatic rings. The van der Waals surface area contributed by atoms with Crippen LogP contribution >= 0.6 is 0 Å². The highest BCUT2D eigenvalue weighted by Crippen LogP contribution is 2.15. The summed E-state index contributed by atoms with van der Waals surface area (Å²) < 4.78 is 0. The molecule has 0 aromatic heterocycles. The summed E-state index contributed by atoms with van der Waals surface area (Å²) >= 11 is 0. The maximum atomic E-state index is 11.7. The second-order valence-corrected chi connectivity index (χ2v) is 4.76. The van der Waals surface area contributed by atoms with E-state index >= 15 is 0 Å². The van der Waals surface area contributed by atoms with Gasteiger partial charge in [0.15, 0.2) is 0 Å². The SMILES string of the molecule is CCC[C@@H](CCC(=O)Nc1cccc(C(=O)[O-])c1)C(=O)[O-]. The van der Waals surface area contributed by atoms with Crippen molar-refractivity contribution in [3.05, 3.63) is 29.8 Å². The zero-order valence-corrected chi connectivity index (χ0v) is 11.8. The molecule has 0 saturated heterocycles. The van der Waals surface area contributed by atoms with Crippen molar-refractivity contribution in [2.75, 3.05) is 5.32 Å². The molecule has 1 atom stereocenters. The summed E-state index contributed by atoms with van der Waals surface area (Å²) in [5, 5.41) is 24.1. The molecule has 0 heterocycles. The first-order valence-corrected chi connectivity index (χ1v) is 6.76. The van der Waals surface area contributed by atoms with Gasteiger partial charge in [-0.3, -0.25) is 4.79 Å². The minimum Gasteiger partial charge on any atom is -0.550 e. The summed E-state index contributed by atoms with van der Waals surface area (Å²) in [6.45, 7) is 1.86. The van der Waals surface area contributed by atoms with Crippen LogP contribution < -0.4 is 15.5 Å². The molecule has 0 aliphatic rings. The molecule has 0 aliphatic heterocycles. The first-order valence-electron chi connectivity index (χ1n) is 6.76. The Morgan fingerprint density at radius 1 is 1.19 bits per heavy atom. The Balaban J connectivity index is 2.55. The van der Waals surface area contributed by atoms with Crippen LogP contribution in [0.2, 0.25) is 0 Å². The van der Waals surface area contributed by atoms with Crippen molar-refractivity contribution >= 4 is 23.5 Å². The van der Waals surface area contributed by atoms with Crippen LogP contribution in [-0.4, -0.2) is 17.8 Å². The van der Waals surface area contributed by atoms with Crippen molar-refractivity contribution in [1.29, 1.82) is 0 Å². The van der Waals surface area contributed by atoms with E-state index < -0.39 is 17.9 Å². The van der Waals surface area contributed by atoms with Gasteiger partial charge in [0.05, 0.1) is 5.97 Å². The third-order valence-electron chi connectivity index (χ3n) is 3.07. The van der Waals surface area contributed by atoms with Gasteiger partial charge >= 0.3 is 0 Å². The Bertz CT molecular complexity index is 527. The molecule has 1 N–H and O–H groups in total. The zero-order valence-electron chi connectivity index (χ0n) is 11.8. The van der Waals surface area contributed by atoms with Crippen LogP contribution in [0.15, 0.2) is 24.3 Å². The van der Waals surface area contributed by atoms with Crippen LogP contribution in [0.4, 0.5) is 5.69 Å². The van der Waals surface area contributed by atoms with E-state index in [1.54, 1.807) is 6.07 Å². The molecule has 0 saturated carbocycles. The van der Waals surface area contributed by atoms with E-state index in [1.165, 1.54) is 18.2 Å². The van der Waals surface area contributed by atoms with Gasteiger partial charge in [-0.05, 0) is 36.5 Å². The molecule has 6 heteroatoms. The van der Waals surface area contributed by atoms with E-state index in [9.17, 15) is 24.6 Å². The summed E-state index contributed by atoms with van der Waals surface area (Å²) in [4.78, 5) is 33.3. The van der Waals surface area contributed by atoms with E-state index in [-0.39, 0.29) is 24.3 Å². The number of carboxylic acid groups (broad SMARTS) is 2. The summed E-state index contributed by atoms with van der Waals surface area (Å²) in [7, 11) is 0. The third-order valence-corrected chi connectivity index (χ3v) is 3.07. The lowest BCUT2D eigenvalue weighted by molar-refractivity contribution is -0.312. The molecule has 0 fully saturated rings. The number of carboxylic acids is 2. The van der Waals surface area contributed by atoms with Crippen LogP contribution in [0.5, 0.6) is 0 Å². The lowest BCUT2D eigenvalue weighted by atomic mass is 9.98. The molecule has 0 spiro atoms. The average Bonchev–Trinajstić information content (AvgIpc) is 2.43. The molecule has 0 bridgehead atoms. The number of aromatic carboxylic acids is 1. The van der Waals surface area contributed by atoms with E-state index in [2.05, 4.69) is 5.32 Å². The Morgan fingerprint density at radius 2 is 1.90 bits per heavy atom. The smallest absolute Gasteiger partial charge is 0.224 e. The Hall–Kier alpha value is -2.37. The topological polar surface area (TPSA) is 109 Å². The number of rotatable bonds is 8. The minimum absolute atomic E-state index is 0.0357. The van der Waals surface area contributed by atoms with Crippen molar-refractivity contribution in [3.8, 4) is 0 Å². The van der Waals surface area contributed by atoms with Gasteiger partial charge in [-0.15, -0.1) is 0 Å². The number of carbonyl (C=O) groups excluding carboxylic acids is 3. The predicted octanol–water partition coefficient (Wildman–Crippen LogP) is -0.0650. The van der Waals surface area contributed by atoms with E-state index in [4.69, 9.17) is 0 Å². The van der Waals surface area contributed by atoms with E-state index in [0.717, 1.165) is 0 Å². The fourth-order valence-corrected chi connectivity index (χ4v) is 1.98. The number of hydrogen-bond donors (Lipinski definition) is 1. The zero-order chi connectivity index (χ0) is 15.8. The molecule has 0 unspecified atom stereocenters. The van der Waals surface area contributed by atoms with Crippen molar-refractivity contribution in [2.24, 2.45) is 5.92 Å². The average molecular weight is 291 g/mol. The largest absolute Gasteiger partial charge is 0.550 e. The molecule has 0 aliphatic carbocycles. The molecule has 0 radical (unpaired) electrons. The van der Waals surface area contributed by atoms with Gasteiger partial charge in [-0.2, -0.15) is 0 Å².